The number of nitrogens with one attached hydrogen (secondary N) is 1. The van der Waals surface area contributed by atoms with Crippen LogP contribution in [0.25, 0.3) is 5.82 Å². The van der Waals surface area contributed by atoms with Gasteiger partial charge in [0.15, 0.2) is 17.5 Å². The quantitative estimate of drug-likeness (QED) is 0.756. The third-order valence-corrected chi connectivity index (χ3v) is 2.95. The molecule has 0 spiro atoms. The van der Waals surface area contributed by atoms with Crippen LogP contribution in [0.3, 0.4) is 0 Å². The SMILES string of the molecule is Cc1cc(C)n(-c2ncnc(Nc3cc(C)on3)c2N)n1. The number of nitrogen functional groups attached to an aromatic ring is 1. The third-order valence-electron chi connectivity index (χ3n) is 2.95. The Hall–Kier alpha value is -2.90. The number of aryl methyl sites for hydroxylation is 3. The molecule has 0 bridgehead atoms. The standard InChI is InChI=1S/C13H15N7O/c1-7-4-8(2)20(18-7)13-11(14)12(15-6-16-13)17-10-5-9(3)21-19-10/h4-6H,14H2,1-3H3,(H,15,16,17,19). The van der Waals surface area contributed by atoms with Gasteiger partial charge in [-0.05, 0) is 26.8 Å². The number of hydrogen-bond donors (Lipinski definition) is 2. The Kier molecular flexibility index (Phi) is 3.05. The van der Waals surface area contributed by atoms with Gasteiger partial charge in [0.1, 0.15) is 17.8 Å². The van der Waals surface area contributed by atoms with Crippen molar-refractivity contribution in [2.45, 2.75) is 20.8 Å². The molecule has 0 aromatic carbocycles. The van der Waals surface area contributed by atoms with Gasteiger partial charge < -0.3 is 15.6 Å². The smallest absolute Gasteiger partial charge is 0.182 e. The fourth-order valence-corrected chi connectivity index (χ4v) is 2.04. The van der Waals surface area contributed by atoms with Gasteiger partial charge in [-0.25, -0.2) is 14.6 Å². The molecule has 3 N–H and O–H groups in total. The van der Waals surface area contributed by atoms with Gasteiger partial charge in [0.2, 0.25) is 0 Å². The van der Waals surface area contributed by atoms with Gasteiger partial charge in [0.05, 0.1) is 5.69 Å². The van der Waals surface area contributed by atoms with Crippen LogP contribution in [-0.2, 0) is 0 Å². The summed E-state index contributed by atoms with van der Waals surface area (Å²) < 4.78 is 6.69. The lowest BCUT2D eigenvalue weighted by atomic mass is 10.4. The highest BCUT2D eigenvalue weighted by Crippen LogP contribution is 2.25. The molecule has 0 saturated heterocycles. The Morgan fingerprint density at radius 1 is 1.19 bits per heavy atom. The van der Waals surface area contributed by atoms with Crippen molar-refractivity contribution in [3.05, 3.63) is 35.6 Å². The maximum atomic E-state index is 6.14. The van der Waals surface area contributed by atoms with Crippen LogP contribution in [0, 0.1) is 20.8 Å². The summed E-state index contributed by atoms with van der Waals surface area (Å²) >= 11 is 0. The Bertz CT molecular complexity index is 790. The molecule has 8 nitrogen and oxygen atoms in total. The zero-order chi connectivity index (χ0) is 15.0. The van der Waals surface area contributed by atoms with Gasteiger partial charge in [-0.3, -0.25) is 0 Å². The van der Waals surface area contributed by atoms with E-state index >= 15 is 0 Å². The van der Waals surface area contributed by atoms with Crippen LogP contribution in [0.15, 0.2) is 23.0 Å². The second kappa shape index (κ2) is 4.89. The normalized spacial score (nSPS) is 10.8. The Balaban J connectivity index is 2.01. The van der Waals surface area contributed by atoms with Crippen molar-refractivity contribution in [2.24, 2.45) is 0 Å². The molecule has 108 valence electrons. The van der Waals surface area contributed by atoms with E-state index in [4.69, 9.17) is 10.3 Å². The highest BCUT2D eigenvalue weighted by atomic mass is 16.5. The molecule has 0 radical (unpaired) electrons. The second-order valence-corrected chi connectivity index (χ2v) is 4.75. The summed E-state index contributed by atoms with van der Waals surface area (Å²) in [6.45, 7) is 5.66. The average molecular weight is 285 g/mol. The van der Waals surface area contributed by atoms with Crippen molar-refractivity contribution in [2.75, 3.05) is 11.1 Å². The molecule has 0 aliphatic heterocycles. The van der Waals surface area contributed by atoms with Crippen molar-refractivity contribution >= 4 is 17.3 Å². The van der Waals surface area contributed by atoms with E-state index in [0.717, 1.165) is 11.4 Å². The largest absolute Gasteiger partial charge is 0.393 e. The predicted octanol–water partition coefficient (Wildman–Crippen LogP) is 1.90. The molecule has 21 heavy (non-hydrogen) atoms. The maximum Gasteiger partial charge on any atom is 0.182 e. The van der Waals surface area contributed by atoms with Crippen molar-refractivity contribution < 1.29 is 4.52 Å². The summed E-state index contributed by atoms with van der Waals surface area (Å²) in [5.41, 5.74) is 8.38. The minimum Gasteiger partial charge on any atom is -0.393 e. The summed E-state index contributed by atoms with van der Waals surface area (Å²) in [7, 11) is 0. The van der Waals surface area contributed by atoms with Gasteiger partial charge in [-0.2, -0.15) is 5.10 Å². The Morgan fingerprint density at radius 2 is 2.00 bits per heavy atom. The zero-order valence-electron chi connectivity index (χ0n) is 12.0. The van der Waals surface area contributed by atoms with Crippen molar-refractivity contribution in [3.63, 3.8) is 0 Å². The van der Waals surface area contributed by atoms with Crippen LogP contribution in [0.2, 0.25) is 0 Å². The summed E-state index contributed by atoms with van der Waals surface area (Å²) in [6, 6.07) is 3.71. The van der Waals surface area contributed by atoms with E-state index in [1.165, 1.54) is 6.33 Å². The van der Waals surface area contributed by atoms with Crippen LogP contribution in [0.5, 0.6) is 0 Å². The van der Waals surface area contributed by atoms with Crippen LogP contribution in [-0.4, -0.2) is 24.9 Å². The molecule has 0 atom stereocenters. The van der Waals surface area contributed by atoms with E-state index in [9.17, 15) is 0 Å². The third kappa shape index (κ3) is 2.42. The summed E-state index contributed by atoms with van der Waals surface area (Å²) in [5, 5.41) is 11.2. The van der Waals surface area contributed by atoms with Crippen LogP contribution in [0.1, 0.15) is 17.1 Å². The minimum absolute atomic E-state index is 0.393. The van der Waals surface area contributed by atoms with E-state index in [1.807, 2.05) is 26.8 Å². The van der Waals surface area contributed by atoms with Crippen LogP contribution >= 0.6 is 0 Å². The van der Waals surface area contributed by atoms with Gasteiger partial charge in [0.25, 0.3) is 0 Å². The number of nitrogens with two attached hydrogens (primary N) is 1. The monoisotopic (exact) mass is 285 g/mol. The predicted molar refractivity (Wildman–Crippen MR) is 77.6 cm³/mol. The van der Waals surface area contributed by atoms with Crippen molar-refractivity contribution in [3.8, 4) is 5.82 Å². The summed E-state index contributed by atoms with van der Waals surface area (Å²) in [4.78, 5) is 8.35. The second-order valence-electron chi connectivity index (χ2n) is 4.75. The molecule has 3 aromatic rings. The molecule has 0 unspecified atom stereocenters. The van der Waals surface area contributed by atoms with E-state index in [-0.39, 0.29) is 0 Å². The van der Waals surface area contributed by atoms with Crippen LogP contribution < -0.4 is 11.1 Å². The highest BCUT2D eigenvalue weighted by Gasteiger charge is 2.14. The van der Waals surface area contributed by atoms with Crippen LogP contribution in [0.4, 0.5) is 17.3 Å². The zero-order valence-corrected chi connectivity index (χ0v) is 12.0. The molecule has 8 heteroatoms. The van der Waals surface area contributed by atoms with E-state index in [1.54, 1.807) is 10.7 Å². The van der Waals surface area contributed by atoms with Gasteiger partial charge in [-0.1, -0.05) is 5.16 Å². The number of hydrogen-bond acceptors (Lipinski definition) is 7. The summed E-state index contributed by atoms with van der Waals surface area (Å²) in [6.07, 6.45) is 1.43. The minimum atomic E-state index is 0.393. The van der Waals surface area contributed by atoms with E-state index < -0.39 is 0 Å². The van der Waals surface area contributed by atoms with Crippen molar-refractivity contribution in [1.29, 1.82) is 0 Å². The first-order valence-corrected chi connectivity index (χ1v) is 6.39. The lowest BCUT2D eigenvalue weighted by Gasteiger charge is -2.10. The lowest BCUT2D eigenvalue weighted by Crippen LogP contribution is -2.09. The molecular formula is C13H15N7O. The molecule has 3 aromatic heterocycles. The topological polar surface area (TPSA) is 108 Å². The summed E-state index contributed by atoms with van der Waals surface area (Å²) in [5.74, 6) is 2.22. The molecule has 0 saturated carbocycles. The van der Waals surface area contributed by atoms with Gasteiger partial charge in [-0.15, -0.1) is 0 Å². The first-order chi connectivity index (χ1) is 10.0. The van der Waals surface area contributed by atoms with Gasteiger partial charge in [0, 0.05) is 11.8 Å². The number of nitrogens with zero attached hydrogens (tertiary/aromatic N) is 5. The van der Waals surface area contributed by atoms with E-state index in [2.05, 4.69) is 25.5 Å². The molecular weight excluding hydrogens is 270 g/mol. The van der Waals surface area contributed by atoms with Crippen molar-refractivity contribution in [1.82, 2.24) is 24.9 Å². The first-order valence-electron chi connectivity index (χ1n) is 6.39. The van der Waals surface area contributed by atoms with Gasteiger partial charge >= 0.3 is 0 Å². The van der Waals surface area contributed by atoms with E-state index in [0.29, 0.717) is 28.9 Å². The lowest BCUT2D eigenvalue weighted by molar-refractivity contribution is 0.400. The fourth-order valence-electron chi connectivity index (χ4n) is 2.04. The molecule has 0 amide bonds. The first kappa shape index (κ1) is 13.1. The fraction of sp³-hybridized carbons (Fsp3) is 0.231. The Labute approximate surface area is 121 Å². The molecule has 0 fully saturated rings. The maximum absolute atomic E-state index is 6.14. The molecule has 0 aliphatic rings. The molecule has 3 rings (SSSR count). The molecule has 3 heterocycles. The number of rotatable bonds is 3. The number of aromatic nitrogens is 5. The average Bonchev–Trinajstić information content (AvgIpc) is 2.98. The Morgan fingerprint density at radius 3 is 2.62 bits per heavy atom. The number of anilines is 3. The molecule has 0 aliphatic carbocycles. The highest BCUT2D eigenvalue weighted by molar-refractivity contribution is 5.72.